The van der Waals surface area contributed by atoms with E-state index in [0.717, 1.165) is 17.8 Å². The van der Waals surface area contributed by atoms with Gasteiger partial charge in [-0.1, -0.05) is 104 Å². The molecular weight excluding hydrogens is 388 g/mol. The second-order valence-corrected chi connectivity index (χ2v) is 12.4. The van der Waals surface area contributed by atoms with Crippen molar-refractivity contribution in [2.45, 2.75) is 116 Å². The van der Waals surface area contributed by atoms with Gasteiger partial charge in [0.15, 0.2) is 0 Å². The average Bonchev–Trinajstić information content (AvgIpc) is 2.66. The van der Waals surface area contributed by atoms with Crippen molar-refractivity contribution < 1.29 is 20.4 Å². The van der Waals surface area contributed by atoms with Gasteiger partial charge in [-0.2, -0.15) is 0 Å². The molecule has 0 aliphatic rings. The molecule has 0 bridgehead atoms. The Kier molecular flexibility index (Phi) is 17.0. The molecule has 0 aromatic carbocycles. The van der Waals surface area contributed by atoms with E-state index in [1.165, 1.54) is 0 Å². The molecule has 3 atom stereocenters. The fourth-order valence-corrected chi connectivity index (χ4v) is 2.63. The Hall–Kier alpha value is -0.160. The summed E-state index contributed by atoms with van der Waals surface area (Å²) in [6, 6.07) is 0. The van der Waals surface area contributed by atoms with Gasteiger partial charge < -0.3 is 20.4 Å². The number of hydrogen-bond donors (Lipinski definition) is 4. The van der Waals surface area contributed by atoms with Crippen molar-refractivity contribution in [3.05, 3.63) is 0 Å². The zero-order valence-electron chi connectivity index (χ0n) is 23.7. The van der Waals surface area contributed by atoms with Crippen molar-refractivity contribution >= 4 is 0 Å². The van der Waals surface area contributed by atoms with Crippen LogP contribution in [0.1, 0.15) is 104 Å². The van der Waals surface area contributed by atoms with Gasteiger partial charge in [-0.15, -0.1) is 0 Å². The first-order valence-corrected chi connectivity index (χ1v) is 12.2. The Morgan fingerprint density at radius 2 is 0.710 bits per heavy atom. The third-order valence-corrected chi connectivity index (χ3v) is 8.70. The van der Waals surface area contributed by atoms with Crippen LogP contribution < -0.4 is 0 Å². The summed E-state index contributed by atoms with van der Waals surface area (Å²) in [7, 11) is 0. The predicted octanol–water partition coefficient (Wildman–Crippen LogP) is 6.00. The molecular formula is C27H60O4. The second kappa shape index (κ2) is 14.9. The minimum atomic E-state index is -0.604. The van der Waals surface area contributed by atoms with Crippen LogP contribution in [-0.4, -0.2) is 45.8 Å². The molecule has 0 saturated heterocycles. The van der Waals surface area contributed by atoms with E-state index in [-0.39, 0.29) is 24.0 Å². The molecule has 0 aromatic heterocycles. The van der Waals surface area contributed by atoms with Gasteiger partial charge in [-0.25, -0.2) is 0 Å². The van der Waals surface area contributed by atoms with Gasteiger partial charge in [0.05, 0.1) is 25.4 Å². The first-order chi connectivity index (χ1) is 13.6. The highest BCUT2D eigenvalue weighted by molar-refractivity contribution is 4.81. The van der Waals surface area contributed by atoms with E-state index < -0.39 is 12.2 Å². The smallest absolute Gasteiger partial charge is 0.0824 e. The van der Waals surface area contributed by atoms with Gasteiger partial charge in [0.25, 0.3) is 0 Å². The lowest BCUT2D eigenvalue weighted by molar-refractivity contribution is -0.0209. The molecule has 0 saturated carbocycles. The quantitative estimate of drug-likeness (QED) is 0.348. The van der Waals surface area contributed by atoms with E-state index in [9.17, 15) is 10.2 Å². The van der Waals surface area contributed by atoms with Gasteiger partial charge >= 0.3 is 0 Å². The molecule has 4 nitrogen and oxygen atoms in total. The SMILES string of the molecule is CC(C)C(C)(C)[C@@H](O)CO.CC(C)C(C)(C)[C@H](O)CO.CC(C)C(C)C(C)(C)C(C)C. The lowest BCUT2D eigenvalue weighted by Crippen LogP contribution is -2.36. The maximum Gasteiger partial charge on any atom is 0.0824 e. The van der Waals surface area contributed by atoms with Crippen LogP contribution in [0.4, 0.5) is 0 Å². The van der Waals surface area contributed by atoms with Crippen LogP contribution in [0.2, 0.25) is 0 Å². The average molecular weight is 449 g/mol. The van der Waals surface area contributed by atoms with Crippen molar-refractivity contribution in [3.63, 3.8) is 0 Å². The fourth-order valence-electron chi connectivity index (χ4n) is 2.63. The molecule has 192 valence electrons. The second-order valence-electron chi connectivity index (χ2n) is 12.4. The summed E-state index contributed by atoms with van der Waals surface area (Å²) in [6.45, 7) is 32.1. The van der Waals surface area contributed by atoms with Crippen molar-refractivity contribution in [3.8, 4) is 0 Å². The summed E-state index contributed by atoms with van der Waals surface area (Å²) in [5.74, 6) is 3.15. The van der Waals surface area contributed by atoms with E-state index >= 15 is 0 Å². The molecule has 0 fully saturated rings. The van der Waals surface area contributed by atoms with Gasteiger partial charge in [0, 0.05) is 0 Å². The summed E-state index contributed by atoms with van der Waals surface area (Å²) >= 11 is 0. The monoisotopic (exact) mass is 448 g/mol. The summed E-state index contributed by atoms with van der Waals surface area (Å²) in [6.07, 6.45) is -1.21. The Balaban J connectivity index is -0.000000380. The van der Waals surface area contributed by atoms with Gasteiger partial charge in [0.1, 0.15) is 0 Å². The molecule has 0 radical (unpaired) electrons. The summed E-state index contributed by atoms with van der Waals surface area (Å²) in [4.78, 5) is 0. The molecule has 0 aliphatic heterocycles. The fraction of sp³-hybridized carbons (Fsp3) is 1.00. The Labute approximate surface area is 195 Å². The lowest BCUT2D eigenvalue weighted by Gasteiger charge is -2.38. The minimum Gasteiger partial charge on any atom is -0.394 e. The van der Waals surface area contributed by atoms with Crippen LogP contribution in [0.5, 0.6) is 0 Å². The van der Waals surface area contributed by atoms with Crippen LogP contribution in [0.25, 0.3) is 0 Å². The van der Waals surface area contributed by atoms with Crippen LogP contribution in [0.15, 0.2) is 0 Å². The van der Waals surface area contributed by atoms with E-state index in [2.05, 4.69) is 48.5 Å². The van der Waals surface area contributed by atoms with E-state index in [4.69, 9.17) is 10.2 Å². The Bertz CT molecular complexity index is 411. The first kappa shape index (κ1) is 35.4. The van der Waals surface area contributed by atoms with Crippen molar-refractivity contribution in [1.29, 1.82) is 0 Å². The van der Waals surface area contributed by atoms with Crippen LogP contribution in [0, 0.1) is 45.8 Å². The maximum atomic E-state index is 9.31. The van der Waals surface area contributed by atoms with Gasteiger partial charge in [0.2, 0.25) is 0 Å². The summed E-state index contributed by atoms with van der Waals surface area (Å²) in [5, 5.41) is 36.0. The molecule has 4 heteroatoms. The molecule has 0 spiro atoms. The molecule has 0 heterocycles. The van der Waals surface area contributed by atoms with Gasteiger partial charge in [-0.3, -0.25) is 0 Å². The number of hydrogen-bond acceptors (Lipinski definition) is 4. The van der Waals surface area contributed by atoms with Crippen LogP contribution >= 0.6 is 0 Å². The minimum absolute atomic E-state index is 0.148. The number of aliphatic hydroxyl groups is 4. The van der Waals surface area contributed by atoms with E-state index in [1.807, 2.05) is 55.4 Å². The molecule has 0 rings (SSSR count). The predicted molar refractivity (Wildman–Crippen MR) is 136 cm³/mol. The molecule has 0 aliphatic carbocycles. The third kappa shape index (κ3) is 12.0. The normalized spacial score (nSPS) is 16.0. The van der Waals surface area contributed by atoms with E-state index in [0.29, 0.717) is 17.3 Å². The maximum absolute atomic E-state index is 9.31. The van der Waals surface area contributed by atoms with Crippen molar-refractivity contribution in [2.24, 2.45) is 45.8 Å². The summed E-state index contributed by atoms with van der Waals surface area (Å²) < 4.78 is 0. The standard InChI is InChI=1S/C11H24.2C8H18O2/c1-8(2)10(5)11(6,7)9(3)4;2*1-6(2)8(3,4)7(10)5-9/h8-10H,1-7H3;2*6-7,9-10H,5H2,1-4H3/t;2*7-/m.10/s1. The Morgan fingerprint density at radius 1 is 0.484 bits per heavy atom. The molecule has 0 amide bonds. The topological polar surface area (TPSA) is 80.9 Å². The molecule has 0 aromatic rings. The summed E-state index contributed by atoms with van der Waals surface area (Å²) in [5.41, 5.74) is 0.109. The van der Waals surface area contributed by atoms with E-state index in [1.54, 1.807) is 0 Å². The number of rotatable bonds is 9. The first-order valence-electron chi connectivity index (χ1n) is 12.2. The van der Waals surface area contributed by atoms with Gasteiger partial charge in [-0.05, 0) is 45.8 Å². The van der Waals surface area contributed by atoms with Crippen molar-refractivity contribution in [2.75, 3.05) is 13.2 Å². The van der Waals surface area contributed by atoms with Crippen LogP contribution in [0.3, 0.4) is 0 Å². The molecule has 31 heavy (non-hydrogen) atoms. The molecule has 4 N–H and O–H groups in total. The Morgan fingerprint density at radius 3 is 0.774 bits per heavy atom. The third-order valence-electron chi connectivity index (χ3n) is 8.70. The zero-order chi connectivity index (χ0) is 26.0. The van der Waals surface area contributed by atoms with Crippen LogP contribution in [-0.2, 0) is 0 Å². The zero-order valence-corrected chi connectivity index (χ0v) is 23.7. The highest BCUT2D eigenvalue weighted by atomic mass is 16.3. The largest absolute Gasteiger partial charge is 0.394 e. The lowest BCUT2D eigenvalue weighted by atomic mass is 9.67. The van der Waals surface area contributed by atoms with Crippen molar-refractivity contribution in [1.82, 2.24) is 0 Å². The molecule has 1 unspecified atom stereocenters. The number of aliphatic hydroxyl groups excluding tert-OH is 4. The highest BCUT2D eigenvalue weighted by Crippen LogP contribution is 2.38. The highest BCUT2D eigenvalue weighted by Gasteiger charge is 2.32.